The van der Waals surface area contributed by atoms with Gasteiger partial charge in [0.2, 0.25) is 0 Å². The van der Waals surface area contributed by atoms with Crippen LogP contribution in [0.2, 0.25) is 5.02 Å². The standard InChI is InChI=1S/C16H17ClF3N5O.2ClH/c1-9-4-6-21-8-12(9)24-15(26)10-7-23-25(13(10)16(18,19)20)14-11(17)3-2-5-22-14;;/h2-3,5,7,9,12,21H,4,6,8H2,1H3,(H,24,26);2*1H. The molecule has 2 atom stereocenters. The van der Waals surface area contributed by atoms with E-state index < -0.39 is 23.3 Å². The minimum absolute atomic E-state index is 0. The molecule has 28 heavy (non-hydrogen) atoms. The molecule has 0 radical (unpaired) electrons. The number of carbonyl (C=O) groups is 1. The summed E-state index contributed by atoms with van der Waals surface area (Å²) in [4.78, 5) is 16.4. The summed E-state index contributed by atoms with van der Waals surface area (Å²) in [5.74, 6) is -0.848. The number of pyridine rings is 1. The van der Waals surface area contributed by atoms with Crippen LogP contribution in [0.15, 0.2) is 24.5 Å². The van der Waals surface area contributed by atoms with Crippen LogP contribution in [0.3, 0.4) is 0 Å². The molecule has 156 valence electrons. The van der Waals surface area contributed by atoms with E-state index >= 15 is 0 Å². The fraction of sp³-hybridized carbons (Fsp3) is 0.438. The van der Waals surface area contributed by atoms with E-state index in [0.29, 0.717) is 11.2 Å². The van der Waals surface area contributed by atoms with Crippen molar-refractivity contribution < 1.29 is 18.0 Å². The number of piperidine rings is 1. The third-order valence-electron chi connectivity index (χ3n) is 4.37. The number of nitrogens with zero attached hydrogens (tertiary/aromatic N) is 3. The molecule has 6 nitrogen and oxygen atoms in total. The summed E-state index contributed by atoms with van der Waals surface area (Å²) in [6.45, 7) is 3.28. The van der Waals surface area contributed by atoms with E-state index in [1.54, 1.807) is 0 Å². The molecule has 3 rings (SSSR count). The Kier molecular flexibility index (Phi) is 8.55. The number of carbonyl (C=O) groups excluding carboxylic acids is 1. The lowest BCUT2D eigenvalue weighted by atomic mass is 9.94. The van der Waals surface area contributed by atoms with Crippen LogP contribution < -0.4 is 10.6 Å². The van der Waals surface area contributed by atoms with Gasteiger partial charge in [-0.15, -0.1) is 24.8 Å². The number of alkyl halides is 3. The van der Waals surface area contributed by atoms with Gasteiger partial charge in [-0.2, -0.15) is 18.3 Å². The fourth-order valence-corrected chi connectivity index (χ4v) is 3.11. The van der Waals surface area contributed by atoms with Gasteiger partial charge in [-0.25, -0.2) is 9.67 Å². The highest BCUT2D eigenvalue weighted by Gasteiger charge is 2.41. The van der Waals surface area contributed by atoms with Crippen LogP contribution in [0.5, 0.6) is 0 Å². The summed E-state index contributed by atoms with van der Waals surface area (Å²) in [5, 5.41) is 9.51. The Labute approximate surface area is 177 Å². The highest BCUT2D eigenvalue weighted by molar-refractivity contribution is 6.32. The lowest BCUT2D eigenvalue weighted by Gasteiger charge is -2.30. The minimum Gasteiger partial charge on any atom is -0.348 e. The van der Waals surface area contributed by atoms with E-state index in [-0.39, 0.29) is 47.6 Å². The largest absolute Gasteiger partial charge is 0.434 e. The molecule has 0 aliphatic carbocycles. The Morgan fingerprint density at radius 1 is 1.39 bits per heavy atom. The maximum absolute atomic E-state index is 13.7. The molecule has 1 saturated heterocycles. The zero-order chi connectivity index (χ0) is 18.9. The Morgan fingerprint density at radius 3 is 2.71 bits per heavy atom. The highest BCUT2D eigenvalue weighted by atomic mass is 35.5. The predicted molar refractivity (Wildman–Crippen MR) is 104 cm³/mol. The second kappa shape index (κ2) is 9.78. The van der Waals surface area contributed by atoms with Crippen molar-refractivity contribution in [2.75, 3.05) is 13.1 Å². The van der Waals surface area contributed by atoms with Crippen LogP contribution in [0, 0.1) is 5.92 Å². The summed E-state index contributed by atoms with van der Waals surface area (Å²) in [7, 11) is 0. The third-order valence-corrected chi connectivity index (χ3v) is 4.66. The van der Waals surface area contributed by atoms with Crippen LogP contribution in [0.25, 0.3) is 5.82 Å². The Balaban J connectivity index is 0.00000196. The summed E-state index contributed by atoms with van der Waals surface area (Å²) in [5.41, 5.74) is -1.76. The SMILES string of the molecule is CC1CCNCC1NC(=O)c1cnn(-c2ncccc2Cl)c1C(F)(F)F.Cl.Cl. The van der Waals surface area contributed by atoms with Crippen LogP contribution in [0.4, 0.5) is 13.2 Å². The molecule has 2 N–H and O–H groups in total. The highest BCUT2D eigenvalue weighted by Crippen LogP contribution is 2.34. The van der Waals surface area contributed by atoms with E-state index in [0.717, 1.165) is 19.2 Å². The molecule has 1 fully saturated rings. The second-order valence-corrected chi connectivity index (χ2v) is 6.58. The molecular weight excluding hydrogens is 442 g/mol. The summed E-state index contributed by atoms with van der Waals surface area (Å²) >= 11 is 5.94. The van der Waals surface area contributed by atoms with Crippen molar-refractivity contribution in [1.82, 2.24) is 25.4 Å². The average molecular weight is 461 g/mol. The van der Waals surface area contributed by atoms with Gasteiger partial charge in [0.1, 0.15) is 0 Å². The van der Waals surface area contributed by atoms with Crippen LogP contribution in [-0.4, -0.2) is 39.8 Å². The lowest BCUT2D eigenvalue weighted by Crippen LogP contribution is -2.50. The van der Waals surface area contributed by atoms with Gasteiger partial charge < -0.3 is 10.6 Å². The first-order valence-electron chi connectivity index (χ1n) is 8.06. The third kappa shape index (κ3) is 5.08. The van der Waals surface area contributed by atoms with Gasteiger partial charge in [0.15, 0.2) is 11.5 Å². The van der Waals surface area contributed by atoms with Gasteiger partial charge in [-0.1, -0.05) is 18.5 Å². The van der Waals surface area contributed by atoms with Gasteiger partial charge in [0.05, 0.1) is 16.8 Å². The quantitative estimate of drug-likeness (QED) is 0.735. The number of hydrogen-bond acceptors (Lipinski definition) is 4. The lowest BCUT2D eigenvalue weighted by molar-refractivity contribution is -0.143. The Bertz CT molecular complexity index is 815. The predicted octanol–water partition coefficient (Wildman–Crippen LogP) is 3.51. The number of amides is 1. The molecule has 2 aromatic rings. The molecule has 1 aliphatic heterocycles. The van der Waals surface area contributed by atoms with Gasteiger partial charge in [0, 0.05) is 18.8 Å². The summed E-state index contributed by atoms with van der Waals surface area (Å²) < 4.78 is 41.5. The monoisotopic (exact) mass is 459 g/mol. The first-order valence-corrected chi connectivity index (χ1v) is 8.44. The first kappa shape index (κ1) is 24.5. The van der Waals surface area contributed by atoms with Crippen molar-refractivity contribution in [3.8, 4) is 5.82 Å². The zero-order valence-corrected chi connectivity index (χ0v) is 17.1. The second-order valence-electron chi connectivity index (χ2n) is 6.18. The van der Waals surface area contributed by atoms with Crippen molar-refractivity contribution in [1.29, 1.82) is 0 Å². The molecule has 12 heteroatoms. The summed E-state index contributed by atoms with van der Waals surface area (Å²) in [6.07, 6.45) is -1.78. The van der Waals surface area contributed by atoms with Crippen molar-refractivity contribution >= 4 is 42.3 Å². The van der Waals surface area contributed by atoms with Crippen molar-refractivity contribution in [2.45, 2.75) is 25.6 Å². The number of aromatic nitrogens is 3. The number of halogens is 6. The first-order chi connectivity index (χ1) is 12.3. The van der Waals surface area contributed by atoms with Crippen LogP contribution in [-0.2, 0) is 6.18 Å². The van der Waals surface area contributed by atoms with E-state index in [1.807, 2.05) is 6.92 Å². The summed E-state index contributed by atoms with van der Waals surface area (Å²) in [6, 6.07) is 2.65. The molecule has 0 spiro atoms. The van der Waals surface area contributed by atoms with Crippen LogP contribution >= 0.6 is 36.4 Å². The van der Waals surface area contributed by atoms with Gasteiger partial charge in [0.25, 0.3) is 5.91 Å². The van der Waals surface area contributed by atoms with Gasteiger partial charge in [-0.3, -0.25) is 4.79 Å². The molecule has 0 aromatic carbocycles. The van der Waals surface area contributed by atoms with Crippen molar-refractivity contribution in [3.63, 3.8) is 0 Å². The normalized spacial score (nSPS) is 19.3. The zero-order valence-electron chi connectivity index (χ0n) is 14.7. The molecule has 2 unspecified atom stereocenters. The maximum atomic E-state index is 13.7. The molecule has 1 amide bonds. The van der Waals surface area contributed by atoms with E-state index in [4.69, 9.17) is 11.6 Å². The van der Waals surface area contributed by atoms with Gasteiger partial charge in [-0.05, 0) is 31.0 Å². The van der Waals surface area contributed by atoms with E-state index in [2.05, 4.69) is 20.7 Å². The maximum Gasteiger partial charge on any atom is 0.434 e. The molecular formula is C16H19Cl3F3N5O. The van der Waals surface area contributed by atoms with Crippen molar-refractivity contribution in [3.05, 3.63) is 40.8 Å². The smallest absolute Gasteiger partial charge is 0.348 e. The fourth-order valence-electron chi connectivity index (χ4n) is 2.91. The van der Waals surface area contributed by atoms with E-state index in [1.165, 1.54) is 18.3 Å². The van der Waals surface area contributed by atoms with Gasteiger partial charge >= 0.3 is 6.18 Å². The Morgan fingerprint density at radius 2 is 2.11 bits per heavy atom. The van der Waals surface area contributed by atoms with Crippen molar-refractivity contribution in [2.24, 2.45) is 5.92 Å². The molecule has 3 heterocycles. The number of rotatable bonds is 3. The Hall–Kier alpha value is -1.55. The molecule has 0 saturated carbocycles. The number of nitrogens with one attached hydrogen (secondary N) is 2. The minimum atomic E-state index is -4.81. The molecule has 0 bridgehead atoms. The number of hydrogen-bond donors (Lipinski definition) is 2. The molecule has 1 aliphatic rings. The van der Waals surface area contributed by atoms with E-state index in [9.17, 15) is 18.0 Å². The topological polar surface area (TPSA) is 71.8 Å². The average Bonchev–Trinajstić information content (AvgIpc) is 3.02. The van der Waals surface area contributed by atoms with Crippen LogP contribution in [0.1, 0.15) is 29.4 Å². The molecule has 2 aromatic heterocycles.